The van der Waals surface area contributed by atoms with Crippen molar-refractivity contribution in [2.75, 3.05) is 17.7 Å². The van der Waals surface area contributed by atoms with E-state index < -0.39 is 11.4 Å². The number of hydrogen-bond donors (Lipinski definition) is 2. The third-order valence-electron chi connectivity index (χ3n) is 4.58. The van der Waals surface area contributed by atoms with Crippen LogP contribution in [-0.2, 0) is 14.3 Å². The van der Waals surface area contributed by atoms with Crippen molar-refractivity contribution in [3.05, 3.63) is 59.7 Å². The molecule has 0 aliphatic heterocycles. The number of rotatable bonds is 5. The fourth-order valence-corrected chi connectivity index (χ4v) is 2.70. The lowest BCUT2D eigenvalue weighted by Crippen LogP contribution is -2.35. The van der Waals surface area contributed by atoms with Gasteiger partial charge in [-0.05, 0) is 55.7 Å². The number of para-hydroxylation sites is 1. The zero-order valence-electron chi connectivity index (χ0n) is 14.7. The molecule has 1 saturated carbocycles. The summed E-state index contributed by atoms with van der Waals surface area (Å²) >= 11 is 0. The fourth-order valence-electron chi connectivity index (χ4n) is 2.70. The molecule has 0 aromatic heterocycles. The number of methoxy groups -OCH3 is 1. The van der Waals surface area contributed by atoms with Crippen LogP contribution in [0.2, 0.25) is 0 Å². The molecule has 134 valence electrons. The highest BCUT2D eigenvalue weighted by Gasteiger charge is 2.56. The second kappa shape index (κ2) is 7.00. The van der Waals surface area contributed by atoms with Gasteiger partial charge in [0, 0.05) is 11.4 Å². The van der Waals surface area contributed by atoms with E-state index >= 15 is 0 Å². The van der Waals surface area contributed by atoms with E-state index in [0.29, 0.717) is 29.8 Å². The number of amides is 2. The van der Waals surface area contributed by atoms with Gasteiger partial charge in [-0.2, -0.15) is 0 Å². The van der Waals surface area contributed by atoms with Crippen LogP contribution in [0.1, 0.15) is 28.8 Å². The molecule has 6 heteroatoms. The van der Waals surface area contributed by atoms with Crippen molar-refractivity contribution in [3.8, 4) is 0 Å². The summed E-state index contributed by atoms with van der Waals surface area (Å²) in [6.45, 7) is 1.90. The number of ether oxygens (including phenoxy) is 1. The largest absolute Gasteiger partial charge is 0.465 e. The van der Waals surface area contributed by atoms with Crippen LogP contribution in [0.15, 0.2) is 48.5 Å². The molecular formula is C20H20N2O4. The Morgan fingerprint density at radius 3 is 2.12 bits per heavy atom. The molecular weight excluding hydrogens is 332 g/mol. The Kier molecular flexibility index (Phi) is 4.75. The third-order valence-corrected chi connectivity index (χ3v) is 4.58. The summed E-state index contributed by atoms with van der Waals surface area (Å²) in [5.41, 5.74) is 1.53. The molecule has 0 saturated heterocycles. The lowest BCUT2D eigenvalue weighted by Gasteiger charge is -2.16. The molecule has 3 rings (SSSR count). The van der Waals surface area contributed by atoms with Gasteiger partial charge in [0.05, 0.1) is 12.7 Å². The summed E-state index contributed by atoms with van der Waals surface area (Å²) < 4.78 is 4.64. The number of anilines is 2. The van der Waals surface area contributed by atoms with Gasteiger partial charge in [0.2, 0.25) is 11.8 Å². The number of carbonyl (C=O) groups is 3. The molecule has 1 fully saturated rings. The normalized spacial score (nSPS) is 14.2. The first kappa shape index (κ1) is 17.7. The molecule has 2 amide bonds. The van der Waals surface area contributed by atoms with Gasteiger partial charge >= 0.3 is 5.97 Å². The van der Waals surface area contributed by atoms with Crippen molar-refractivity contribution in [3.63, 3.8) is 0 Å². The Labute approximate surface area is 151 Å². The SMILES string of the molecule is COC(=O)c1ccc(NC(=O)C2(C(=O)Nc3ccccc3C)CC2)cc1. The quantitative estimate of drug-likeness (QED) is 0.639. The first-order valence-electron chi connectivity index (χ1n) is 8.33. The Balaban J connectivity index is 1.68. The van der Waals surface area contributed by atoms with Crippen molar-refractivity contribution in [2.24, 2.45) is 5.41 Å². The molecule has 2 N–H and O–H groups in total. The molecule has 2 aromatic rings. The lowest BCUT2D eigenvalue weighted by atomic mass is 10.0. The topological polar surface area (TPSA) is 84.5 Å². The highest BCUT2D eigenvalue weighted by atomic mass is 16.5. The van der Waals surface area contributed by atoms with E-state index in [-0.39, 0.29) is 11.8 Å². The minimum Gasteiger partial charge on any atom is -0.465 e. The van der Waals surface area contributed by atoms with E-state index in [9.17, 15) is 14.4 Å². The highest BCUT2D eigenvalue weighted by molar-refractivity contribution is 6.17. The molecule has 0 bridgehead atoms. The second-order valence-electron chi connectivity index (χ2n) is 6.37. The second-order valence-corrected chi connectivity index (χ2v) is 6.37. The summed E-state index contributed by atoms with van der Waals surface area (Å²) in [5.74, 6) is -1.08. The van der Waals surface area contributed by atoms with Gasteiger partial charge in [-0.25, -0.2) is 4.79 Å². The predicted octanol–water partition coefficient (Wildman–Crippen LogP) is 3.14. The molecule has 0 heterocycles. The van der Waals surface area contributed by atoms with Crippen molar-refractivity contribution >= 4 is 29.2 Å². The minimum absolute atomic E-state index is 0.296. The maximum absolute atomic E-state index is 12.6. The average molecular weight is 352 g/mol. The van der Waals surface area contributed by atoms with E-state index in [0.717, 1.165) is 5.56 Å². The molecule has 2 aromatic carbocycles. The number of benzene rings is 2. The van der Waals surface area contributed by atoms with E-state index in [4.69, 9.17) is 0 Å². The molecule has 0 spiro atoms. The Morgan fingerprint density at radius 1 is 0.923 bits per heavy atom. The number of hydrogen-bond acceptors (Lipinski definition) is 4. The van der Waals surface area contributed by atoms with Gasteiger partial charge < -0.3 is 15.4 Å². The standard InChI is InChI=1S/C20H20N2O4/c1-13-5-3-4-6-16(13)22-19(25)20(11-12-20)18(24)21-15-9-7-14(8-10-15)17(23)26-2/h3-10H,11-12H2,1-2H3,(H,21,24)(H,22,25). The van der Waals surface area contributed by atoms with Crippen LogP contribution in [0, 0.1) is 12.3 Å². The number of esters is 1. The van der Waals surface area contributed by atoms with Gasteiger partial charge in [0.25, 0.3) is 0 Å². The average Bonchev–Trinajstić information content (AvgIpc) is 3.45. The summed E-state index contributed by atoms with van der Waals surface area (Å²) in [6.07, 6.45) is 1.02. The summed E-state index contributed by atoms with van der Waals surface area (Å²) in [4.78, 5) is 36.7. The number of carbonyl (C=O) groups excluding carboxylic acids is 3. The maximum atomic E-state index is 12.6. The van der Waals surface area contributed by atoms with Gasteiger partial charge in [0.15, 0.2) is 0 Å². The van der Waals surface area contributed by atoms with E-state index in [1.807, 2.05) is 31.2 Å². The Morgan fingerprint density at radius 2 is 1.54 bits per heavy atom. The summed E-state index contributed by atoms with van der Waals surface area (Å²) in [5, 5.41) is 5.61. The van der Waals surface area contributed by atoms with Crippen molar-refractivity contribution in [1.82, 2.24) is 0 Å². The Bertz CT molecular complexity index is 854. The lowest BCUT2D eigenvalue weighted by molar-refractivity contribution is -0.131. The first-order valence-corrected chi connectivity index (χ1v) is 8.33. The Hall–Kier alpha value is -3.15. The van der Waals surface area contributed by atoms with Gasteiger partial charge in [-0.15, -0.1) is 0 Å². The van der Waals surface area contributed by atoms with Gasteiger partial charge in [0.1, 0.15) is 5.41 Å². The first-order chi connectivity index (χ1) is 12.5. The van der Waals surface area contributed by atoms with Gasteiger partial charge in [-0.1, -0.05) is 18.2 Å². The number of aryl methyl sites for hydroxylation is 1. The molecule has 0 radical (unpaired) electrons. The molecule has 6 nitrogen and oxygen atoms in total. The monoisotopic (exact) mass is 352 g/mol. The van der Waals surface area contributed by atoms with Crippen LogP contribution >= 0.6 is 0 Å². The van der Waals surface area contributed by atoms with E-state index in [1.165, 1.54) is 7.11 Å². The highest BCUT2D eigenvalue weighted by Crippen LogP contribution is 2.47. The zero-order chi connectivity index (χ0) is 18.7. The van der Waals surface area contributed by atoms with Crippen molar-refractivity contribution < 1.29 is 19.1 Å². The third kappa shape index (κ3) is 3.44. The van der Waals surface area contributed by atoms with Crippen LogP contribution in [0.3, 0.4) is 0 Å². The molecule has 0 atom stereocenters. The number of nitrogens with one attached hydrogen (secondary N) is 2. The summed E-state index contributed by atoms with van der Waals surface area (Å²) in [6, 6.07) is 13.8. The fraction of sp³-hybridized carbons (Fsp3) is 0.250. The summed E-state index contributed by atoms with van der Waals surface area (Å²) in [7, 11) is 1.31. The maximum Gasteiger partial charge on any atom is 0.337 e. The van der Waals surface area contributed by atoms with E-state index in [2.05, 4.69) is 15.4 Å². The van der Waals surface area contributed by atoms with Crippen molar-refractivity contribution in [1.29, 1.82) is 0 Å². The van der Waals surface area contributed by atoms with Gasteiger partial charge in [-0.3, -0.25) is 9.59 Å². The molecule has 1 aliphatic carbocycles. The smallest absolute Gasteiger partial charge is 0.337 e. The minimum atomic E-state index is -1.04. The molecule has 0 unspecified atom stereocenters. The van der Waals surface area contributed by atoms with Crippen LogP contribution in [0.5, 0.6) is 0 Å². The predicted molar refractivity (Wildman–Crippen MR) is 97.9 cm³/mol. The van der Waals surface area contributed by atoms with Crippen LogP contribution in [-0.4, -0.2) is 24.9 Å². The molecule has 1 aliphatic rings. The van der Waals surface area contributed by atoms with Crippen LogP contribution < -0.4 is 10.6 Å². The van der Waals surface area contributed by atoms with Crippen LogP contribution in [0.25, 0.3) is 0 Å². The van der Waals surface area contributed by atoms with Crippen LogP contribution in [0.4, 0.5) is 11.4 Å². The van der Waals surface area contributed by atoms with E-state index in [1.54, 1.807) is 24.3 Å². The molecule has 26 heavy (non-hydrogen) atoms. The van der Waals surface area contributed by atoms with Crippen molar-refractivity contribution in [2.45, 2.75) is 19.8 Å². The zero-order valence-corrected chi connectivity index (χ0v) is 14.7.